The molecule has 3 rings (SSSR count). The van der Waals surface area contributed by atoms with E-state index in [-0.39, 0.29) is 18.8 Å². The second kappa shape index (κ2) is 7.42. The molecule has 0 saturated carbocycles. The quantitative estimate of drug-likeness (QED) is 0.724. The Kier molecular flexibility index (Phi) is 5.47. The van der Waals surface area contributed by atoms with Gasteiger partial charge in [-0.1, -0.05) is 34.9 Å². The van der Waals surface area contributed by atoms with E-state index in [1.54, 1.807) is 12.1 Å². The van der Waals surface area contributed by atoms with Crippen LogP contribution in [-0.4, -0.2) is 38.5 Å². The van der Waals surface area contributed by atoms with Gasteiger partial charge in [0.15, 0.2) is 0 Å². The van der Waals surface area contributed by atoms with Crippen molar-refractivity contribution in [2.45, 2.75) is 45.1 Å². The van der Waals surface area contributed by atoms with E-state index in [1.807, 2.05) is 17.6 Å². The van der Waals surface area contributed by atoms with Crippen molar-refractivity contribution < 1.29 is 10.2 Å². The van der Waals surface area contributed by atoms with Crippen molar-refractivity contribution >= 4 is 34.2 Å². The number of piperidine rings is 1. The summed E-state index contributed by atoms with van der Waals surface area (Å²) in [5, 5.41) is 23.9. The number of aliphatic hydroxyl groups excluding tert-OH is 2. The molecule has 1 saturated heterocycles. The maximum Gasteiger partial charge on any atom is 0.136 e. The van der Waals surface area contributed by atoms with Gasteiger partial charge in [-0.3, -0.25) is 0 Å². The normalized spacial score (nSPS) is 22.3. The van der Waals surface area contributed by atoms with Crippen LogP contribution >= 0.6 is 23.2 Å². The van der Waals surface area contributed by atoms with Gasteiger partial charge in [0.25, 0.3) is 0 Å². The van der Waals surface area contributed by atoms with E-state index < -0.39 is 0 Å². The average Bonchev–Trinajstić information content (AvgIpc) is 2.87. The van der Waals surface area contributed by atoms with Gasteiger partial charge in [-0.15, -0.1) is 0 Å². The molecule has 0 spiro atoms. The first-order valence-electron chi connectivity index (χ1n) is 8.03. The summed E-state index contributed by atoms with van der Waals surface area (Å²) in [4.78, 5) is 4.43. The number of rotatable bonds is 4. The lowest BCUT2D eigenvalue weighted by atomic mass is 9.99. The number of aliphatic hydroxyl groups is 2. The van der Waals surface area contributed by atoms with Crippen molar-refractivity contribution in [3.63, 3.8) is 0 Å². The van der Waals surface area contributed by atoms with Gasteiger partial charge in [-0.2, -0.15) is 0 Å². The maximum atomic E-state index is 10.1. The van der Waals surface area contributed by atoms with Crippen LogP contribution in [0.15, 0.2) is 23.8 Å². The summed E-state index contributed by atoms with van der Waals surface area (Å²) in [6.07, 6.45) is 3.49. The molecule has 0 unspecified atom stereocenters. The van der Waals surface area contributed by atoms with Crippen LogP contribution < -0.4 is 5.32 Å². The monoisotopic (exact) mass is 369 g/mol. The van der Waals surface area contributed by atoms with Crippen LogP contribution in [0.4, 0.5) is 0 Å². The van der Waals surface area contributed by atoms with Crippen LogP contribution in [-0.2, 0) is 13.2 Å². The number of allylic oxidation sites excluding steroid dienone is 1. The smallest absolute Gasteiger partial charge is 0.136 e. The number of nitrogens with one attached hydrogen (secondary N) is 1. The second-order valence-electron chi connectivity index (χ2n) is 6.23. The number of fused-ring (bicyclic) bond motifs is 1. The molecule has 24 heavy (non-hydrogen) atoms. The fourth-order valence-corrected chi connectivity index (χ4v) is 3.46. The van der Waals surface area contributed by atoms with Crippen molar-refractivity contribution in [2.75, 3.05) is 6.54 Å². The van der Waals surface area contributed by atoms with Gasteiger partial charge in [0.05, 0.1) is 33.2 Å². The zero-order valence-electron chi connectivity index (χ0n) is 13.5. The highest BCUT2D eigenvalue weighted by molar-refractivity contribution is 6.42. The molecule has 3 N–H and O–H groups in total. The van der Waals surface area contributed by atoms with Gasteiger partial charge in [0.1, 0.15) is 12.4 Å². The van der Waals surface area contributed by atoms with Crippen molar-refractivity contribution in [1.29, 1.82) is 0 Å². The zero-order valence-corrected chi connectivity index (χ0v) is 15.0. The summed E-state index contributed by atoms with van der Waals surface area (Å²) in [5.41, 5.74) is 2.61. The molecule has 1 aromatic carbocycles. The molecular formula is C17H21Cl2N3O2. The predicted molar refractivity (Wildman–Crippen MR) is 96.5 cm³/mol. The van der Waals surface area contributed by atoms with E-state index in [1.165, 1.54) is 0 Å². The summed E-state index contributed by atoms with van der Waals surface area (Å²) >= 11 is 12.2. The Hall–Kier alpha value is -1.11. The van der Waals surface area contributed by atoms with Gasteiger partial charge in [-0.05, 0) is 38.4 Å². The highest BCUT2D eigenvalue weighted by Gasteiger charge is 2.20. The number of nitrogens with zero attached hydrogens (tertiary/aromatic N) is 2. The summed E-state index contributed by atoms with van der Waals surface area (Å²) < 4.78 is 1.93. The third kappa shape index (κ3) is 3.60. The first kappa shape index (κ1) is 17.7. The van der Waals surface area contributed by atoms with E-state index in [2.05, 4.69) is 10.3 Å². The standard InChI is InChI=1S/C17H21Cl2N3O2/c1-10(5-14-16(24)3-2-4-20-14)8-22-15-7-12(19)11(18)6-13(15)21-17(22)9-23/h5-7,14,16,20,23-24H,2-4,8-9H2,1H3/b10-5+/t14-,16+/m1/s1. The number of hydrogen-bond acceptors (Lipinski definition) is 4. The van der Waals surface area contributed by atoms with Gasteiger partial charge < -0.3 is 20.1 Å². The van der Waals surface area contributed by atoms with Gasteiger partial charge in [0.2, 0.25) is 0 Å². The molecule has 1 fully saturated rings. The maximum absolute atomic E-state index is 10.1. The Balaban J connectivity index is 1.92. The minimum Gasteiger partial charge on any atom is -0.391 e. The van der Waals surface area contributed by atoms with E-state index in [9.17, 15) is 10.2 Å². The fraction of sp³-hybridized carbons (Fsp3) is 0.471. The first-order chi connectivity index (χ1) is 11.5. The van der Waals surface area contributed by atoms with Crippen LogP contribution in [0.25, 0.3) is 11.0 Å². The lowest BCUT2D eigenvalue weighted by Crippen LogP contribution is -2.43. The predicted octanol–water partition coefficient (Wildman–Crippen LogP) is 2.89. The number of hydrogen-bond donors (Lipinski definition) is 3. The number of imidazole rings is 1. The third-order valence-electron chi connectivity index (χ3n) is 4.35. The van der Waals surface area contributed by atoms with E-state index >= 15 is 0 Å². The average molecular weight is 370 g/mol. The molecular weight excluding hydrogens is 349 g/mol. The van der Waals surface area contributed by atoms with Crippen LogP contribution in [0.3, 0.4) is 0 Å². The van der Waals surface area contributed by atoms with Gasteiger partial charge in [-0.25, -0.2) is 4.98 Å². The molecule has 2 atom stereocenters. The highest BCUT2D eigenvalue weighted by Crippen LogP contribution is 2.29. The topological polar surface area (TPSA) is 70.3 Å². The van der Waals surface area contributed by atoms with Crippen LogP contribution in [0, 0.1) is 0 Å². The van der Waals surface area contributed by atoms with Crippen LogP contribution in [0.2, 0.25) is 10.0 Å². The molecule has 0 amide bonds. The van der Waals surface area contributed by atoms with E-state index in [0.29, 0.717) is 27.9 Å². The summed E-state index contributed by atoms with van der Waals surface area (Å²) in [5.74, 6) is 0.563. The molecule has 5 nitrogen and oxygen atoms in total. The molecule has 7 heteroatoms. The number of benzene rings is 1. The molecule has 130 valence electrons. The molecule has 1 aromatic heterocycles. The Bertz CT molecular complexity index is 773. The fourth-order valence-electron chi connectivity index (χ4n) is 3.14. The van der Waals surface area contributed by atoms with Crippen molar-refractivity contribution in [1.82, 2.24) is 14.9 Å². The van der Waals surface area contributed by atoms with Crippen molar-refractivity contribution in [3.05, 3.63) is 39.7 Å². The molecule has 1 aliphatic heterocycles. The lowest BCUT2D eigenvalue weighted by molar-refractivity contribution is 0.115. The Morgan fingerprint density at radius 1 is 1.42 bits per heavy atom. The van der Waals surface area contributed by atoms with Crippen molar-refractivity contribution in [3.8, 4) is 0 Å². The lowest BCUT2D eigenvalue weighted by Gasteiger charge is -2.27. The van der Waals surface area contributed by atoms with Crippen LogP contribution in [0.5, 0.6) is 0 Å². The largest absolute Gasteiger partial charge is 0.391 e. The molecule has 2 heterocycles. The minimum absolute atomic E-state index is 0.0378. The third-order valence-corrected chi connectivity index (χ3v) is 5.08. The Morgan fingerprint density at radius 3 is 2.88 bits per heavy atom. The zero-order chi connectivity index (χ0) is 17.3. The highest BCUT2D eigenvalue weighted by atomic mass is 35.5. The Labute approximate surface area is 150 Å². The number of halogens is 2. The van der Waals surface area contributed by atoms with Gasteiger partial charge in [0, 0.05) is 6.54 Å². The number of aromatic nitrogens is 2. The van der Waals surface area contributed by atoms with Crippen LogP contribution in [0.1, 0.15) is 25.6 Å². The molecule has 1 aliphatic rings. The Morgan fingerprint density at radius 2 is 2.17 bits per heavy atom. The first-order valence-corrected chi connectivity index (χ1v) is 8.79. The summed E-state index contributed by atoms with van der Waals surface area (Å²) in [6, 6.07) is 3.44. The minimum atomic E-state index is -0.362. The molecule has 2 aromatic rings. The van der Waals surface area contributed by atoms with E-state index in [4.69, 9.17) is 23.2 Å². The molecule has 0 radical (unpaired) electrons. The summed E-state index contributed by atoms with van der Waals surface area (Å²) in [6.45, 7) is 3.32. The molecule has 0 bridgehead atoms. The van der Waals surface area contributed by atoms with Gasteiger partial charge >= 0.3 is 0 Å². The molecule has 0 aliphatic carbocycles. The second-order valence-corrected chi connectivity index (χ2v) is 7.04. The summed E-state index contributed by atoms with van der Waals surface area (Å²) in [7, 11) is 0. The van der Waals surface area contributed by atoms with Crippen molar-refractivity contribution in [2.24, 2.45) is 0 Å². The SMILES string of the molecule is C/C(=C\[C@H]1NCCC[C@@H]1O)Cn1c(CO)nc2cc(Cl)c(Cl)cc21. The van der Waals surface area contributed by atoms with E-state index in [0.717, 1.165) is 30.5 Å².